The lowest BCUT2D eigenvalue weighted by Crippen LogP contribution is -2.30. The molecular formula is C11H14BNO3. The van der Waals surface area contributed by atoms with Crippen LogP contribution in [0.5, 0.6) is 0 Å². The fraction of sp³-hybridized carbons (Fsp3) is 0.182. The molecule has 0 bridgehead atoms. The molecule has 0 spiro atoms. The minimum absolute atomic E-state index is 0.121. The fourth-order valence-electron chi connectivity index (χ4n) is 1.23. The highest BCUT2D eigenvalue weighted by Gasteiger charge is 2.11. The van der Waals surface area contributed by atoms with Crippen LogP contribution in [0.3, 0.4) is 0 Å². The lowest BCUT2D eigenvalue weighted by molar-refractivity contribution is -0.116. The Labute approximate surface area is 94.8 Å². The van der Waals surface area contributed by atoms with E-state index < -0.39 is 7.12 Å². The Morgan fingerprint density at radius 1 is 1.50 bits per heavy atom. The molecule has 1 aromatic rings. The molecule has 0 unspecified atom stereocenters. The largest absolute Gasteiger partial charge is 0.488 e. The van der Waals surface area contributed by atoms with E-state index in [1.165, 1.54) is 6.07 Å². The van der Waals surface area contributed by atoms with E-state index in [4.69, 9.17) is 10.0 Å². The van der Waals surface area contributed by atoms with Crippen LogP contribution in [-0.2, 0) is 4.79 Å². The molecule has 0 aliphatic carbocycles. The first-order valence-corrected chi connectivity index (χ1v) is 5.00. The third kappa shape index (κ3) is 3.88. The molecule has 0 heterocycles. The number of anilines is 1. The minimum atomic E-state index is -1.52. The zero-order chi connectivity index (χ0) is 12.0. The molecule has 16 heavy (non-hydrogen) atoms. The Bertz CT molecular complexity index is 379. The SMILES string of the molecule is C=CCCC(=O)Nc1cccc(B(O)O)c1. The van der Waals surface area contributed by atoms with Crippen molar-refractivity contribution in [3.8, 4) is 0 Å². The molecule has 0 saturated carbocycles. The number of carbonyl (C=O) groups excluding carboxylic acids is 1. The van der Waals surface area contributed by atoms with Crippen molar-refractivity contribution in [1.82, 2.24) is 0 Å². The number of carbonyl (C=O) groups is 1. The van der Waals surface area contributed by atoms with E-state index in [1.54, 1.807) is 24.3 Å². The number of benzene rings is 1. The average Bonchev–Trinajstić information content (AvgIpc) is 2.26. The van der Waals surface area contributed by atoms with Crippen molar-refractivity contribution in [1.29, 1.82) is 0 Å². The second-order valence-electron chi connectivity index (χ2n) is 3.37. The first-order chi connectivity index (χ1) is 7.63. The molecule has 84 valence electrons. The molecule has 0 aliphatic heterocycles. The van der Waals surface area contributed by atoms with Crippen LogP contribution in [0.2, 0.25) is 0 Å². The molecular weight excluding hydrogens is 205 g/mol. The summed E-state index contributed by atoms with van der Waals surface area (Å²) >= 11 is 0. The minimum Gasteiger partial charge on any atom is -0.423 e. The summed E-state index contributed by atoms with van der Waals surface area (Å²) in [5.41, 5.74) is 0.904. The molecule has 0 saturated heterocycles. The molecule has 0 aromatic heterocycles. The summed E-state index contributed by atoms with van der Waals surface area (Å²) in [6, 6.07) is 6.44. The summed E-state index contributed by atoms with van der Waals surface area (Å²) in [7, 11) is -1.52. The highest BCUT2D eigenvalue weighted by molar-refractivity contribution is 6.58. The van der Waals surface area contributed by atoms with Gasteiger partial charge in [0.25, 0.3) is 0 Å². The number of nitrogens with one attached hydrogen (secondary N) is 1. The smallest absolute Gasteiger partial charge is 0.423 e. The molecule has 5 heteroatoms. The standard InChI is InChI=1S/C11H14BNO3/c1-2-3-7-11(14)13-10-6-4-5-9(8-10)12(15)16/h2,4-6,8,15-16H,1,3,7H2,(H,13,14). The predicted molar refractivity (Wildman–Crippen MR) is 64.3 cm³/mol. The maximum absolute atomic E-state index is 11.4. The Morgan fingerprint density at radius 3 is 2.88 bits per heavy atom. The van der Waals surface area contributed by atoms with Gasteiger partial charge in [0.1, 0.15) is 0 Å². The van der Waals surface area contributed by atoms with Crippen molar-refractivity contribution in [2.45, 2.75) is 12.8 Å². The highest BCUT2D eigenvalue weighted by atomic mass is 16.4. The van der Waals surface area contributed by atoms with E-state index in [9.17, 15) is 4.79 Å². The number of allylic oxidation sites excluding steroid dienone is 1. The number of amides is 1. The van der Waals surface area contributed by atoms with E-state index in [0.717, 1.165) is 0 Å². The molecule has 1 amide bonds. The summed E-state index contributed by atoms with van der Waals surface area (Å²) in [4.78, 5) is 11.4. The molecule has 1 rings (SSSR count). The summed E-state index contributed by atoms with van der Waals surface area (Å²) in [5, 5.41) is 20.6. The van der Waals surface area contributed by atoms with Crippen molar-refractivity contribution in [3.05, 3.63) is 36.9 Å². The van der Waals surface area contributed by atoms with Crippen LogP contribution in [-0.4, -0.2) is 23.1 Å². The van der Waals surface area contributed by atoms with Crippen LogP contribution in [0.1, 0.15) is 12.8 Å². The van der Waals surface area contributed by atoms with Crippen LogP contribution in [0, 0.1) is 0 Å². The Morgan fingerprint density at radius 2 is 2.25 bits per heavy atom. The molecule has 1 aromatic carbocycles. The molecule has 0 atom stereocenters. The second-order valence-corrected chi connectivity index (χ2v) is 3.37. The van der Waals surface area contributed by atoms with Gasteiger partial charge in [0.05, 0.1) is 0 Å². The summed E-state index contributed by atoms with van der Waals surface area (Å²) in [6.45, 7) is 3.53. The second kappa shape index (κ2) is 6.10. The molecule has 0 aliphatic rings. The van der Waals surface area contributed by atoms with E-state index in [1.807, 2.05) is 0 Å². The van der Waals surface area contributed by atoms with Gasteiger partial charge in [-0.25, -0.2) is 0 Å². The average molecular weight is 219 g/mol. The van der Waals surface area contributed by atoms with Gasteiger partial charge in [-0.2, -0.15) is 0 Å². The van der Waals surface area contributed by atoms with Crippen molar-refractivity contribution >= 4 is 24.2 Å². The molecule has 0 fully saturated rings. The van der Waals surface area contributed by atoms with Crippen LogP contribution in [0.15, 0.2) is 36.9 Å². The van der Waals surface area contributed by atoms with Crippen molar-refractivity contribution < 1.29 is 14.8 Å². The zero-order valence-electron chi connectivity index (χ0n) is 8.89. The van der Waals surface area contributed by atoms with Gasteiger partial charge < -0.3 is 15.4 Å². The maximum atomic E-state index is 11.4. The van der Waals surface area contributed by atoms with Crippen LogP contribution >= 0.6 is 0 Å². The maximum Gasteiger partial charge on any atom is 0.488 e. The normalized spacial score (nSPS) is 9.62. The Hall–Kier alpha value is -1.59. The van der Waals surface area contributed by atoms with E-state index in [-0.39, 0.29) is 5.91 Å². The van der Waals surface area contributed by atoms with Crippen LogP contribution in [0.25, 0.3) is 0 Å². The van der Waals surface area contributed by atoms with E-state index in [0.29, 0.717) is 24.0 Å². The van der Waals surface area contributed by atoms with Gasteiger partial charge in [0.15, 0.2) is 0 Å². The van der Waals surface area contributed by atoms with E-state index in [2.05, 4.69) is 11.9 Å². The van der Waals surface area contributed by atoms with Crippen molar-refractivity contribution in [2.75, 3.05) is 5.32 Å². The topological polar surface area (TPSA) is 69.6 Å². The molecule has 4 nitrogen and oxygen atoms in total. The lowest BCUT2D eigenvalue weighted by atomic mass is 9.80. The highest BCUT2D eigenvalue weighted by Crippen LogP contribution is 2.05. The third-order valence-corrected chi connectivity index (χ3v) is 2.04. The van der Waals surface area contributed by atoms with Crippen molar-refractivity contribution in [2.24, 2.45) is 0 Å². The molecule has 0 radical (unpaired) electrons. The summed E-state index contributed by atoms with van der Waals surface area (Å²) in [6.07, 6.45) is 2.66. The van der Waals surface area contributed by atoms with Gasteiger partial charge in [-0.15, -0.1) is 6.58 Å². The van der Waals surface area contributed by atoms with Crippen LogP contribution in [0.4, 0.5) is 5.69 Å². The summed E-state index contributed by atoms with van der Waals surface area (Å²) in [5.74, 6) is -0.121. The predicted octanol–water partition coefficient (Wildman–Crippen LogP) is 0.271. The Kier molecular flexibility index (Phi) is 4.76. The number of rotatable bonds is 5. The van der Waals surface area contributed by atoms with Crippen LogP contribution < -0.4 is 10.8 Å². The Balaban J connectivity index is 2.63. The zero-order valence-corrected chi connectivity index (χ0v) is 8.89. The summed E-state index contributed by atoms with van der Waals surface area (Å²) < 4.78 is 0. The monoisotopic (exact) mass is 219 g/mol. The fourth-order valence-corrected chi connectivity index (χ4v) is 1.23. The molecule has 3 N–H and O–H groups in total. The van der Waals surface area contributed by atoms with Gasteiger partial charge in [0, 0.05) is 12.1 Å². The first-order valence-electron chi connectivity index (χ1n) is 5.00. The van der Waals surface area contributed by atoms with Gasteiger partial charge in [0.2, 0.25) is 5.91 Å². The lowest BCUT2D eigenvalue weighted by Gasteiger charge is -2.06. The number of hydrogen-bond donors (Lipinski definition) is 3. The van der Waals surface area contributed by atoms with Gasteiger partial charge in [-0.1, -0.05) is 18.2 Å². The van der Waals surface area contributed by atoms with Gasteiger partial charge >= 0.3 is 7.12 Å². The number of hydrogen-bond acceptors (Lipinski definition) is 3. The van der Waals surface area contributed by atoms with Gasteiger partial charge in [-0.3, -0.25) is 4.79 Å². The van der Waals surface area contributed by atoms with Crippen molar-refractivity contribution in [3.63, 3.8) is 0 Å². The van der Waals surface area contributed by atoms with E-state index >= 15 is 0 Å². The third-order valence-electron chi connectivity index (χ3n) is 2.04. The van der Waals surface area contributed by atoms with Gasteiger partial charge in [-0.05, 0) is 24.0 Å². The first kappa shape index (κ1) is 12.5. The quantitative estimate of drug-likeness (QED) is 0.491.